The van der Waals surface area contributed by atoms with E-state index in [1.54, 1.807) is 11.8 Å². The molecule has 2 nitrogen and oxygen atoms in total. The first-order chi connectivity index (χ1) is 11.7. The van der Waals surface area contributed by atoms with Crippen LogP contribution in [0.2, 0.25) is 0 Å². The van der Waals surface area contributed by atoms with Gasteiger partial charge in [-0.2, -0.15) is 0 Å². The first-order valence-electron chi connectivity index (χ1n) is 8.61. The average molecular weight is 339 g/mol. The quantitative estimate of drug-likeness (QED) is 0.463. The van der Waals surface area contributed by atoms with Crippen LogP contribution in [0.3, 0.4) is 0 Å². The van der Waals surface area contributed by atoms with Crippen molar-refractivity contribution in [2.24, 2.45) is 5.73 Å². The van der Waals surface area contributed by atoms with Gasteiger partial charge in [-0.25, -0.2) is 0 Å². The van der Waals surface area contributed by atoms with Crippen LogP contribution in [0.1, 0.15) is 29.5 Å². The number of unbranched alkanes of at least 4 members (excludes halogenated alkanes) is 1. The van der Waals surface area contributed by atoms with Crippen LogP contribution in [-0.4, -0.2) is 17.8 Å². The normalized spacial score (nSPS) is 11.3. The minimum Gasteiger partial charge on any atom is -0.354 e. The predicted molar refractivity (Wildman–Crippen MR) is 107 cm³/mol. The standard InChI is InChI=1S/C21H26N2S/c1-14-11-12-17-16(8-6-7-13-22)21(23-20(17)15(14)2)18-9-4-5-10-19(18)24-3/h4-5,9-12,23H,6-8,13,22H2,1-3H3. The molecule has 3 aromatic rings. The van der Waals surface area contributed by atoms with E-state index in [0.29, 0.717) is 0 Å². The summed E-state index contributed by atoms with van der Waals surface area (Å²) in [6.45, 7) is 5.15. The minimum atomic E-state index is 0.761. The van der Waals surface area contributed by atoms with Gasteiger partial charge in [-0.3, -0.25) is 0 Å². The number of hydrogen-bond acceptors (Lipinski definition) is 2. The molecule has 2 aromatic carbocycles. The van der Waals surface area contributed by atoms with E-state index < -0.39 is 0 Å². The first kappa shape index (κ1) is 17.1. The molecular formula is C21H26N2S. The number of rotatable bonds is 6. The molecule has 3 rings (SSSR count). The van der Waals surface area contributed by atoms with Gasteiger partial charge in [-0.05, 0) is 68.7 Å². The van der Waals surface area contributed by atoms with Crippen molar-refractivity contribution in [3.63, 3.8) is 0 Å². The third-order valence-corrected chi connectivity index (χ3v) is 5.67. The van der Waals surface area contributed by atoms with E-state index in [1.807, 2.05) is 0 Å². The van der Waals surface area contributed by atoms with Gasteiger partial charge in [0.2, 0.25) is 0 Å². The third kappa shape index (κ3) is 3.11. The van der Waals surface area contributed by atoms with Gasteiger partial charge in [0.25, 0.3) is 0 Å². The van der Waals surface area contributed by atoms with E-state index >= 15 is 0 Å². The molecule has 1 aromatic heterocycles. The molecule has 3 N–H and O–H groups in total. The lowest BCUT2D eigenvalue weighted by atomic mass is 9.98. The second kappa shape index (κ2) is 7.45. The van der Waals surface area contributed by atoms with Crippen molar-refractivity contribution in [1.29, 1.82) is 0 Å². The Morgan fingerprint density at radius 1 is 1.04 bits per heavy atom. The number of fused-ring (bicyclic) bond motifs is 1. The van der Waals surface area contributed by atoms with Gasteiger partial charge in [0, 0.05) is 21.4 Å². The third-order valence-electron chi connectivity index (χ3n) is 4.87. The molecule has 0 amide bonds. The van der Waals surface area contributed by atoms with E-state index in [9.17, 15) is 0 Å². The molecule has 0 bridgehead atoms. The van der Waals surface area contributed by atoms with Gasteiger partial charge in [0.15, 0.2) is 0 Å². The van der Waals surface area contributed by atoms with Crippen LogP contribution in [0.15, 0.2) is 41.3 Å². The lowest BCUT2D eigenvalue weighted by Crippen LogP contribution is -1.99. The van der Waals surface area contributed by atoms with Gasteiger partial charge in [0.1, 0.15) is 0 Å². The van der Waals surface area contributed by atoms with E-state index in [2.05, 4.69) is 61.5 Å². The Balaban J connectivity index is 2.21. The van der Waals surface area contributed by atoms with Crippen molar-refractivity contribution in [3.05, 3.63) is 53.1 Å². The lowest BCUT2D eigenvalue weighted by Gasteiger charge is -2.09. The maximum Gasteiger partial charge on any atom is 0.0508 e. The number of aromatic amines is 1. The van der Waals surface area contributed by atoms with Crippen LogP contribution < -0.4 is 5.73 Å². The second-order valence-electron chi connectivity index (χ2n) is 6.35. The Morgan fingerprint density at radius 2 is 1.83 bits per heavy atom. The van der Waals surface area contributed by atoms with Gasteiger partial charge in [-0.1, -0.05) is 30.3 Å². The molecule has 0 unspecified atom stereocenters. The number of nitrogens with two attached hydrogens (primary N) is 1. The van der Waals surface area contributed by atoms with Crippen LogP contribution in [0.25, 0.3) is 22.2 Å². The average Bonchev–Trinajstić information content (AvgIpc) is 2.97. The Morgan fingerprint density at radius 3 is 2.58 bits per heavy atom. The van der Waals surface area contributed by atoms with Gasteiger partial charge in [0.05, 0.1) is 5.69 Å². The van der Waals surface area contributed by atoms with Crippen LogP contribution in [0.5, 0.6) is 0 Å². The number of benzene rings is 2. The van der Waals surface area contributed by atoms with Crippen molar-refractivity contribution in [2.75, 3.05) is 12.8 Å². The highest BCUT2D eigenvalue weighted by atomic mass is 32.2. The molecule has 0 spiro atoms. The number of H-pyrrole nitrogens is 1. The van der Waals surface area contributed by atoms with Crippen molar-refractivity contribution >= 4 is 22.7 Å². The summed E-state index contributed by atoms with van der Waals surface area (Å²) in [4.78, 5) is 5.06. The van der Waals surface area contributed by atoms with Crippen molar-refractivity contribution in [1.82, 2.24) is 4.98 Å². The monoisotopic (exact) mass is 338 g/mol. The summed E-state index contributed by atoms with van der Waals surface area (Å²) in [5.41, 5.74) is 13.7. The summed E-state index contributed by atoms with van der Waals surface area (Å²) in [5.74, 6) is 0. The summed E-state index contributed by atoms with van der Waals surface area (Å²) in [5, 5.41) is 1.36. The van der Waals surface area contributed by atoms with Crippen LogP contribution in [0, 0.1) is 13.8 Å². The summed E-state index contributed by atoms with van der Waals surface area (Å²) < 4.78 is 0. The van der Waals surface area contributed by atoms with Crippen molar-refractivity contribution in [2.45, 2.75) is 38.0 Å². The fourth-order valence-corrected chi connectivity index (χ4v) is 3.96. The molecule has 0 fully saturated rings. The molecule has 0 aliphatic carbocycles. The van der Waals surface area contributed by atoms with Gasteiger partial charge >= 0.3 is 0 Å². The molecule has 0 saturated carbocycles. The lowest BCUT2D eigenvalue weighted by molar-refractivity contribution is 0.748. The highest BCUT2D eigenvalue weighted by Gasteiger charge is 2.16. The Hall–Kier alpha value is -1.71. The molecule has 1 heterocycles. The van der Waals surface area contributed by atoms with E-state index in [0.717, 1.165) is 25.8 Å². The Labute approximate surface area is 148 Å². The highest BCUT2D eigenvalue weighted by Crippen LogP contribution is 2.37. The zero-order valence-corrected chi connectivity index (χ0v) is 15.6. The van der Waals surface area contributed by atoms with Crippen molar-refractivity contribution in [3.8, 4) is 11.3 Å². The van der Waals surface area contributed by atoms with Crippen LogP contribution >= 0.6 is 11.8 Å². The number of nitrogens with one attached hydrogen (secondary N) is 1. The van der Waals surface area contributed by atoms with Crippen molar-refractivity contribution < 1.29 is 0 Å². The maximum absolute atomic E-state index is 5.71. The molecule has 0 aliphatic heterocycles. The zero-order chi connectivity index (χ0) is 17.1. The van der Waals surface area contributed by atoms with Crippen LogP contribution in [-0.2, 0) is 6.42 Å². The number of hydrogen-bond donors (Lipinski definition) is 2. The number of aryl methyl sites for hydroxylation is 3. The fourth-order valence-electron chi connectivity index (χ4n) is 3.35. The second-order valence-corrected chi connectivity index (χ2v) is 7.20. The highest BCUT2D eigenvalue weighted by molar-refractivity contribution is 7.98. The topological polar surface area (TPSA) is 41.8 Å². The number of aromatic nitrogens is 1. The van der Waals surface area contributed by atoms with E-state index in [4.69, 9.17) is 5.73 Å². The SMILES string of the molecule is CSc1ccccc1-c1[nH]c2c(C)c(C)ccc2c1CCCCN. The molecule has 0 saturated heterocycles. The number of thioether (sulfide) groups is 1. The zero-order valence-electron chi connectivity index (χ0n) is 14.8. The molecule has 0 atom stereocenters. The molecule has 0 aliphatic rings. The molecule has 126 valence electrons. The molecule has 0 radical (unpaired) electrons. The summed E-state index contributed by atoms with van der Waals surface area (Å²) in [6.07, 6.45) is 5.41. The summed E-state index contributed by atoms with van der Waals surface area (Å²) in [6, 6.07) is 13.2. The Kier molecular flexibility index (Phi) is 5.32. The fraction of sp³-hybridized carbons (Fsp3) is 0.333. The molecule has 3 heteroatoms. The molecule has 24 heavy (non-hydrogen) atoms. The van der Waals surface area contributed by atoms with Gasteiger partial charge < -0.3 is 10.7 Å². The van der Waals surface area contributed by atoms with Gasteiger partial charge in [-0.15, -0.1) is 11.8 Å². The first-order valence-corrected chi connectivity index (χ1v) is 9.84. The molecular weight excluding hydrogens is 312 g/mol. The van der Waals surface area contributed by atoms with E-state index in [1.165, 1.54) is 43.7 Å². The van der Waals surface area contributed by atoms with E-state index in [-0.39, 0.29) is 0 Å². The minimum absolute atomic E-state index is 0.761. The largest absolute Gasteiger partial charge is 0.354 e. The Bertz CT molecular complexity index is 848. The maximum atomic E-state index is 5.71. The smallest absolute Gasteiger partial charge is 0.0508 e. The summed E-state index contributed by atoms with van der Waals surface area (Å²) >= 11 is 1.80. The summed E-state index contributed by atoms with van der Waals surface area (Å²) in [7, 11) is 0. The predicted octanol–water partition coefficient (Wildman–Crippen LogP) is 5.46. The van der Waals surface area contributed by atoms with Crippen LogP contribution in [0.4, 0.5) is 0 Å².